The van der Waals surface area contributed by atoms with E-state index in [2.05, 4.69) is 5.32 Å². The quantitative estimate of drug-likeness (QED) is 0.821. The maximum atomic E-state index is 12.2. The minimum absolute atomic E-state index is 0.0323. The number of carbonyl (C=O) groups is 3. The highest BCUT2D eigenvalue weighted by Crippen LogP contribution is 2.25. The van der Waals surface area contributed by atoms with E-state index < -0.39 is 17.9 Å². The number of hydrogen-bond acceptors (Lipinski definition) is 5. The van der Waals surface area contributed by atoms with Gasteiger partial charge in [0.2, 0.25) is 0 Å². The molecule has 22 heavy (non-hydrogen) atoms. The van der Waals surface area contributed by atoms with Gasteiger partial charge in [0.05, 0.1) is 7.11 Å². The van der Waals surface area contributed by atoms with Gasteiger partial charge in [0.1, 0.15) is 17.6 Å². The fraction of sp³-hybridized carbons (Fsp3) is 0.438. The molecule has 2 N–H and O–H groups in total. The number of rotatable bonds is 4. The zero-order valence-electron chi connectivity index (χ0n) is 12.4. The van der Waals surface area contributed by atoms with Crippen LogP contribution in [0.5, 0.6) is 5.75 Å². The smallest absolute Gasteiger partial charge is 0.328 e. The van der Waals surface area contributed by atoms with Crippen molar-refractivity contribution in [3.63, 3.8) is 0 Å². The number of phenolic OH excluding ortho intramolecular Hbond substituents is 1. The lowest BCUT2D eigenvalue weighted by atomic mass is 9.83. The molecule has 1 aliphatic carbocycles. The van der Waals surface area contributed by atoms with E-state index in [-0.39, 0.29) is 29.4 Å². The Hall–Kier alpha value is -2.37. The Morgan fingerprint density at radius 2 is 2.18 bits per heavy atom. The van der Waals surface area contributed by atoms with Crippen molar-refractivity contribution in [1.29, 1.82) is 0 Å². The molecule has 118 valence electrons. The van der Waals surface area contributed by atoms with Crippen LogP contribution in [0.25, 0.3) is 0 Å². The van der Waals surface area contributed by atoms with Gasteiger partial charge in [-0.05, 0) is 37.0 Å². The number of methoxy groups -OCH3 is 1. The Morgan fingerprint density at radius 1 is 1.41 bits per heavy atom. The number of carbonyl (C=O) groups excluding carboxylic acids is 3. The number of esters is 1. The summed E-state index contributed by atoms with van der Waals surface area (Å²) in [7, 11) is 1.25. The lowest BCUT2D eigenvalue weighted by molar-refractivity contribution is -0.145. The summed E-state index contributed by atoms with van der Waals surface area (Å²) in [5.74, 6) is -1.24. The first-order valence-electron chi connectivity index (χ1n) is 7.20. The molecule has 0 aliphatic heterocycles. The molecule has 0 unspecified atom stereocenters. The molecule has 1 aromatic carbocycles. The first-order chi connectivity index (χ1) is 10.5. The second kappa shape index (κ2) is 7.06. The topological polar surface area (TPSA) is 92.7 Å². The van der Waals surface area contributed by atoms with E-state index in [9.17, 15) is 19.5 Å². The van der Waals surface area contributed by atoms with Crippen LogP contribution in [0.4, 0.5) is 0 Å². The van der Waals surface area contributed by atoms with Crippen LogP contribution in [0.1, 0.15) is 36.0 Å². The van der Waals surface area contributed by atoms with E-state index in [1.165, 1.54) is 25.3 Å². The predicted molar refractivity (Wildman–Crippen MR) is 78.3 cm³/mol. The summed E-state index contributed by atoms with van der Waals surface area (Å²) in [6, 6.07) is 4.99. The van der Waals surface area contributed by atoms with E-state index in [1.54, 1.807) is 6.07 Å². The van der Waals surface area contributed by atoms with Gasteiger partial charge in [0, 0.05) is 18.4 Å². The zero-order chi connectivity index (χ0) is 16.1. The van der Waals surface area contributed by atoms with Crippen LogP contribution in [-0.2, 0) is 14.3 Å². The third kappa shape index (κ3) is 3.84. The lowest BCUT2D eigenvalue weighted by Crippen LogP contribution is -2.48. The maximum Gasteiger partial charge on any atom is 0.328 e. The third-order valence-electron chi connectivity index (χ3n) is 3.84. The van der Waals surface area contributed by atoms with Crippen molar-refractivity contribution in [2.75, 3.05) is 7.11 Å². The number of phenols is 1. The van der Waals surface area contributed by atoms with Crippen molar-refractivity contribution in [3.8, 4) is 5.75 Å². The molecule has 2 rings (SSSR count). The summed E-state index contributed by atoms with van der Waals surface area (Å²) in [5, 5.41) is 12.0. The average Bonchev–Trinajstić information content (AvgIpc) is 2.51. The largest absolute Gasteiger partial charge is 0.508 e. The molecule has 2 atom stereocenters. The number of aromatic hydroxyl groups is 1. The Bertz CT molecular complexity index is 584. The summed E-state index contributed by atoms with van der Waals surface area (Å²) in [6.07, 6.45) is 2.18. The van der Waals surface area contributed by atoms with E-state index in [1.807, 2.05) is 0 Å². The number of nitrogens with one attached hydrogen (secondary N) is 1. The number of hydrogen-bond donors (Lipinski definition) is 2. The molecule has 1 amide bonds. The van der Waals surface area contributed by atoms with Gasteiger partial charge < -0.3 is 15.2 Å². The summed E-state index contributed by atoms with van der Waals surface area (Å²) in [6.45, 7) is 0. The van der Waals surface area contributed by atoms with Gasteiger partial charge in [-0.25, -0.2) is 4.79 Å². The molecule has 0 radical (unpaired) electrons. The fourth-order valence-corrected chi connectivity index (χ4v) is 2.71. The molecule has 1 saturated carbocycles. The first kappa shape index (κ1) is 16.0. The van der Waals surface area contributed by atoms with Gasteiger partial charge in [0.25, 0.3) is 5.91 Å². The molecule has 0 bridgehead atoms. The SMILES string of the molecule is COC(=O)[C@H](NC(=O)c1cccc(O)c1)[C@@H]1CCCC(=O)C1. The third-order valence-corrected chi connectivity index (χ3v) is 3.84. The fourth-order valence-electron chi connectivity index (χ4n) is 2.71. The van der Waals surface area contributed by atoms with Crippen molar-refractivity contribution in [2.45, 2.75) is 31.7 Å². The van der Waals surface area contributed by atoms with Gasteiger partial charge in [0.15, 0.2) is 0 Å². The zero-order valence-corrected chi connectivity index (χ0v) is 12.4. The molecule has 0 heterocycles. The molecule has 1 aromatic rings. The van der Waals surface area contributed by atoms with Crippen LogP contribution in [-0.4, -0.2) is 35.9 Å². The minimum atomic E-state index is -0.857. The van der Waals surface area contributed by atoms with Crippen LogP contribution >= 0.6 is 0 Å². The van der Waals surface area contributed by atoms with Gasteiger partial charge in [-0.15, -0.1) is 0 Å². The molecule has 1 aliphatic rings. The first-order valence-corrected chi connectivity index (χ1v) is 7.20. The molecular formula is C16H19NO5. The Balaban J connectivity index is 2.14. The number of benzene rings is 1. The van der Waals surface area contributed by atoms with E-state index in [4.69, 9.17) is 4.74 Å². The van der Waals surface area contributed by atoms with Crippen LogP contribution in [0.2, 0.25) is 0 Å². The van der Waals surface area contributed by atoms with Crippen LogP contribution < -0.4 is 5.32 Å². The summed E-state index contributed by atoms with van der Waals surface area (Å²) in [5.41, 5.74) is 0.246. The average molecular weight is 305 g/mol. The summed E-state index contributed by atoms with van der Waals surface area (Å²) >= 11 is 0. The monoisotopic (exact) mass is 305 g/mol. The summed E-state index contributed by atoms with van der Waals surface area (Å²) < 4.78 is 4.75. The van der Waals surface area contributed by atoms with E-state index in [0.29, 0.717) is 19.3 Å². The minimum Gasteiger partial charge on any atom is -0.508 e. The molecule has 6 nitrogen and oxygen atoms in total. The van der Waals surface area contributed by atoms with Gasteiger partial charge >= 0.3 is 5.97 Å². The van der Waals surface area contributed by atoms with Crippen LogP contribution in [0.15, 0.2) is 24.3 Å². The second-order valence-electron chi connectivity index (χ2n) is 5.42. The number of amides is 1. The van der Waals surface area contributed by atoms with Crippen molar-refractivity contribution in [3.05, 3.63) is 29.8 Å². The second-order valence-corrected chi connectivity index (χ2v) is 5.42. The Labute approximate surface area is 128 Å². The standard InChI is InChI=1S/C16H19NO5/c1-22-16(21)14(10-4-2-6-12(18)8-10)17-15(20)11-5-3-7-13(19)9-11/h3,5,7,9-10,14,19H,2,4,6,8H2,1H3,(H,17,20)/t10-,14-/m1/s1. The van der Waals surface area contributed by atoms with Crippen molar-refractivity contribution >= 4 is 17.7 Å². The van der Waals surface area contributed by atoms with Gasteiger partial charge in [-0.3, -0.25) is 9.59 Å². The highest BCUT2D eigenvalue weighted by molar-refractivity contribution is 5.97. The predicted octanol–water partition coefficient (Wildman–Crippen LogP) is 1.42. The van der Waals surface area contributed by atoms with Crippen molar-refractivity contribution in [2.24, 2.45) is 5.92 Å². The molecule has 1 fully saturated rings. The molecule has 0 spiro atoms. The van der Waals surface area contributed by atoms with Crippen LogP contribution in [0.3, 0.4) is 0 Å². The molecule has 0 saturated heterocycles. The lowest BCUT2D eigenvalue weighted by Gasteiger charge is -2.28. The van der Waals surface area contributed by atoms with Gasteiger partial charge in [-0.2, -0.15) is 0 Å². The number of ether oxygens (including phenoxy) is 1. The Morgan fingerprint density at radius 3 is 2.82 bits per heavy atom. The van der Waals surface area contributed by atoms with Gasteiger partial charge in [-0.1, -0.05) is 6.07 Å². The number of Topliss-reactive ketones (excluding diaryl/α,β-unsaturated/α-hetero) is 1. The van der Waals surface area contributed by atoms with Crippen LogP contribution in [0, 0.1) is 5.92 Å². The Kier molecular flexibility index (Phi) is 5.14. The maximum absolute atomic E-state index is 12.2. The highest BCUT2D eigenvalue weighted by atomic mass is 16.5. The molecule has 6 heteroatoms. The highest BCUT2D eigenvalue weighted by Gasteiger charge is 2.34. The molecular weight excluding hydrogens is 286 g/mol. The van der Waals surface area contributed by atoms with Crippen molar-refractivity contribution < 1.29 is 24.2 Å². The van der Waals surface area contributed by atoms with Crippen molar-refractivity contribution in [1.82, 2.24) is 5.32 Å². The van der Waals surface area contributed by atoms with E-state index in [0.717, 1.165) is 0 Å². The molecule has 0 aromatic heterocycles. The summed E-state index contributed by atoms with van der Waals surface area (Å²) in [4.78, 5) is 35.8. The normalized spacial score (nSPS) is 19.3. The number of ketones is 1. The van der Waals surface area contributed by atoms with E-state index >= 15 is 0 Å².